The minimum Gasteiger partial charge on any atom is -0.378 e. The molecule has 1 heterocycles. The molecular weight excluding hydrogens is 314 g/mol. The van der Waals surface area contributed by atoms with Crippen molar-refractivity contribution < 1.29 is 4.79 Å². The number of nitrogens with one attached hydrogen (secondary N) is 1. The van der Waals surface area contributed by atoms with Crippen LogP contribution < -0.4 is 15.1 Å². The SMILES string of the molecule is CN(C)c1cccc(C(=O)N[C@@H]2CCc3nc(N(C)C)ncc3C2)c1. The first kappa shape index (κ1) is 17.2. The van der Waals surface area contributed by atoms with Gasteiger partial charge >= 0.3 is 0 Å². The molecule has 1 aliphatic carbocycles. The number of aryl methyl sites for hydroxylation is 1. The second-order valence-electron chi connectivity index (χ2n) is 6.89. The summed E-state index contributed by atoms with van der Waals surface area (Å²) in [5.74, 6) is 0.713. The molecule has 1 N–H and O–H groups in total. The van der Waals surface area contributed by atoms with Crippen LogP contribution in [0.25, 0.3) is 0 Å². The van der Waals surface area contributed by atoms with E-state index in [4.69, 9.17) is 0 Å². The lowest BCUT2D eigenvalue weighted by atomic mass is 9.92. The summed E-state index contributed by atoms with van der Waals surface area (Å²) in [6.07, 6.45) is 4.43. The monoisotopic (exact) mass is 339 g/mol. The fourth-order valence-corrected chi connectivity index (χ4v) is 3.03. The molecule has 6 heteroatoms. The van der Waals surface area contributed by atoms with Crippen LogP contribution in [0, 0.1) is 0 Å². The van der Waals surface area contributed by atoms with E-state index in [0.29, 0.717) is 5.56 Å². The molecular formula is C19H25N5O. The molecule has 0 bridgehead atoms. The van der Waals surface area contributed by atoms with Gasteiger partial charge in [0, 0.05) is 57.4 Å². The smallest absolute Gasteiger partial charge is 0.251 e. The molecule has 6 nitrogen and oxygen atoms in total. The Bertz CT molecular complexity index is 772. The van der Waals surface area contributed by atoms with Crippen LogP contribution >= 0.6 is 0 Å². The number of carbonyl (C=O) groups is 1. The number of fused-ring (bicyclic) bond motifs is 1. The zero-order valence-electron chi connectivity index (χ0n) is 15.3. The average molecular weight is 339 g/mol. The first-order valence-electron chi connectivity index (χ1n) is 8.54. The summed E-state index contributed by atoms with van der Waals surface area (Å²) in [5, 5.41) is 3.16. The number of aromatic nitrogens is 2. The number of hydrogen-bond donors (Lipinski definition) is 1. The Morgan fingerprint density at radius 1 is 1.20 bits per heavy atom. The van der Waals surface area contributed by atoms with E-state index >= 15 is 0 Å². The Labute approximate surface area is 148 Å². The number of carbonyl (C=O) groups excluding carboxylic acids is 1. The Kier molecular flexibility index (Phi) is 4.88. The molecule has 1 aromatic heterocycles. The maximum atomic E-state index is 12.6. The van der Waals surface area contributed by atoms with Crippen LogP contribution in [0.4, 0.5) is 11.6 Å². The van der Waals surface area contributed by atoms with Crippen molar-refractivity contribution in [1.29, 1.82) is 0 Å². The van der Waals surface area contributed by atoms with Crippen LogP contribution in [0.5, 0.6) is 0 Å². The Morgan fingerprint density at radius 3 is 2.72 bits per heavy atom. The summed E-state index contributed by atoms with van der Waals surface area (Å²) in [6.45, 7) is 0. The standard InChI is InChI=1S/C19H25N5O/c1-23(2)16-7-5-6-13(11-16)18(25)21-15-8-9-17-14(10-15)12-20-19(22-17)24(3)4/h5-7,11-12,15H,8-10H2,1-4H3,(H,21,25)/t15-/m1/s1. The third-order valence-electron chi connectivity index (χ3n) is 4.50. The van der Waals surface area contributed by atoms with Gasteiger partial charge in [-0.1, -0.05) is 6.07 Å². The van der Waals surface area contributed by atoms with Crippen LogP contribution in [0.2, 0.25) is 0 Å². The van der Waals surface area contributed by atoms with Gasteiger partial charge < -0.3 is 15.1 Å². The van der Waals surface area contributed by atoms with Crippen molar-refractivity contribution in [3.8, 4) is 0 Å². The predicted molar refractivity (Wildman–Crippen MR) is 100 cm³/mol. The second kappa shape index (κ2) is 7.09. The maximum Gasteiger partial charge on any atom is 0.251 e. The maximum absolute atomic E-state index is 12.6. The van der Waals surface area contributed by atoms with E-state index in [9.17, 15) is 4.79 Å². The molecule has 1 aromatic carbocycles. The molecule has 3 rings (SSSR count). The highest BCUT2D eigenvalue weighted by molar-refractivity contribution is 5.95. The number of amides is 1. The average Bonchev–Trinajstić information content (AvgIpc) is 2.61. The van der Waals surface area contributed by atoms with Crippen molar-refractivity contribution in [3.05, 3.63) is 47.3 Å². The number of rotatable bonds is 4. The van der Waals surface area contributed by atoms with E-state index in [2.05, 4.69) is 15.3 Å². The summed E-state index contributed by atoms with van der Waals surface area (Å²) >= 11 is 0. The van der Waals surface area contributed by atoms with E-state index < -0.39 is 0 Å². The molecule has 0 fully saturated rings. The number of benzene rings is 1. The van der Waals surface area contributed by atoms with Gasteiger partial charge in [-0.2, -0.15) is 0 Å². The molecule has 1 atom stereocenters. The lowest BCUT2D eigenvalue weighted by molar-refractivity contribution is 0.0933. The second-order valence-corrected chi connectivity index (χ2v) is 6.89. The van der Waals surface area contributed by atoms with E-state index in [-0.39, 0.29) is 11.9 Å². The Morgan fingerprint density at radius 2 is 2.00 bits per heavy atom. The lowest BCUT2D eigenvalue weighted by Gasteiger charge is -2.25. The fourth-order valence-electron chi connectivity index (χ4n) is 3.03. The van der Waals surface area contributed by atoms with Crippen LogP contribution in [0.15, 0.2) is 30.5 Å². The molecule has 0 aliphatic heterocycles. The number of nitrogens with zero attached hydrogens (tertiary/aromatic N) is 4. The van der Waals surface area contributed by atoms with Crippen LogP contribution in [0.3, 0.4) is 0 Å². The van der Waals surface area contributed by atoms with Gasteiger partial charge in [0.25, 0.3) is 5.91 Å². The molecule has 25 heavy (non-hydrogen) atoms. The van der Waals surface area contributed by atoms with Gasteiger partial charge in [0.2, 0.25) is 5.95 Å². The van der Waals surface area contributed by atoms with Gasteiger partial charge in [0.1, 0.15) is 0 Å². The largest absolute Gasteiger partial charge is 0.378 e. The third kappa shape index (κ3) is 3.90. The summed E-state index contributed by atoms with van der Waals surface area (Å²) in [7, 11) is 7.82. The molecule has 0 saturated carbocycles. The van der Waals surface area contributed by atoms with Crippen molar-refractivity contribution in [3.63, 3.8) is 0 Å². The molecule has 2 aromatic rings. The first-order valence-corrected chi connectivity index (χ1v) is 8.54. The van der Waals surface area contributed by atoms with Gasteiger partial charge in [0.15, 0.2) is 0 Å². The first-order chi connectivity index (χ1) is 11.9. The van der Waals surface area contributed by atoms with Gasteiger partial charge in [-0.15, -0.1) is 0 Å². The summed E-state index contributed by atoms with van der Waals surface area (Å²) in [6, 6.07) is 7.80. The normalized spacial score (nSPS) is 16.1. The zero-order valence-corrected chi connectivity index (χ0v) is 15.3. The van der Waals surface area contributed by atoms with E-state index in [1.54, 1.807) is 0 Å². The minimum absolute atomic E-state index is 0.0250. The van der Waals surface area contributed by atoms with Crippen molar-refractivity contribution in [2.24, 2.45) is 0 Å². The Balaban J connectivity index is 1.68. The van der Waals surface area contributed by atoms with Crippen LogP contribution in [0.1, 0.15) is 28.0 Å². The van der Waals surface area contributed by atoms with E-state index in [1.807, 2.05) is 68.5 Å². The number of hydrogen-bond acceptors (Lipinski definition) is 5. The lowest BCUT2D eigenvalue weighted by Crippen LogP contribution is -2.39. The van der Waals surface area contributed by atoms with Crippen molar-refractivity contribution in [2.75, 3.05) is 38.0 Å². The van der Waals surface area contributed by atoms with Crippen LogP contribution in [-0.4, -0.2) is 50.1 Å². The quantitative estimate of drug-likeness (QED) is 0.922. The topological polar surface area (TPSA) is 61.4 Å². The predicted octanol–water partition coefficient (Wildman–Crippen LogP) is 1.90. The van der Waals surface area contributed by atoms with E-state index in [1.165, 1.54) is 0 Å². The van der Waals surface area contributed by atoms with Gasteiger partial charge in [0.05, 0.1) is 0 Å². The molecule has 0 unspecified atom stereocenters. The molecule has 1 aliphatic rings. The zero-order chi connectivity index (χ0) is 18.0. The fraction of sp³-hybridized carbons (Fsp3) is 0.421. The summed E-state index contributed by atoms with van der Waals surface area (Å²) in [4.78, 5) is 25.5. The van der Waals surface area contributed by atoms with E-state index in [0.717, 1.165) is 42.2 Å². The van der Waals surface area contributed by atoms with Crippen LogP contribution in [-0.2, 0) is 12.8 Å². The third-order valence-corrected chi connectivity index (χ3v) is 4.50. The number of anilines is 2. The van der Waals surface area contributed by atoms with Crippen molar-refractivity contribution in [1.82, 2.24) is 15.3 Å². The molecule has 132 valence electrons. The minimum atomic E-state index is -0.0250. The summed E-state index contributed by atoms with van der Waals surface area (Å²) < 4.78 is 0. The highest BCUT2D eigenvalue weighted by Gasteiger charge is 2.22. The highest BCUT2D eigenvalue weighted by atomic mass is 16.1. The molecule has 0 spiro atoms. The molecule has 1 amide bonds. The van der Waals surface area contributed by atoms with Gasteiger partial charge in [-0.25, -0.2) is 9.97 Å². The van der Waals surface area contributed by atoms with Crippen molar-refractivity contribution >= 4 is 17.5 Å². The van der Waals surface area contributed by atoms with Gasteiger partial charge in [-0.3, -0.25) is 4.79 Å². The Hall–Kier alpha value is -2.63. The molecule has 0 radical (unpaired) electrons. The highest BCUT2D eigenvalue weighted by Crippen LogP contribution is 2.21. The molecule has 0 saturated heterocycles. The van der Waals surface area contributed by atoms with Crippen molar-refractivity contribution in [2.45, 2.75) is 25.3 Å². The van der Waals surface area contributed by atoms with Gasteiger partial charge in [-0.05, 0) is 43.0 Å². The summed E-state index contributed by atoms with van der Waals surface area (Å²) in [5.41, 5.74) is 3.94.